The number of phenolic OH excluding ortho intramolecular Hbond substituents is 1. The Balaban J connectivity index is 2.62. The Hall–Kier alpha value is -2.04. The van der Waals surface area contributed by atoms with E-state index in [-0.39, 0.29) is 23.8 Å². The number of rotatable bonds is 5. The molecule has 18 heavy (non-hydrogen) atoms. The molecule has 0 radical (unpaired) electrons. The minimum atomic E-state index is -0.894. The summed E-state index contributed by atoms with van der Waals surface area (Å²) in [5.74, 6) is -1.36. The van der Waals surface area contributed by atoms with E-state index in [0.717, 1.165) is 5.56 Å². The zero-order valence-electron chi connectivity index (χ0n) is 10.4. The Bertz CT molecular complexity index is 456. The van der Waals surface area contributed by atoms with Gasteiger partial charge in [0.1, 0.15) is 5.75 Å². The van der Waals surface area contributed by atoms with Gasteiger partial charge in [0.25, 0.3) is 5.91 Å². The second-order valence-electron chi connectivity index (χ2n) is 4.33. The zero-order valence-corrected chi connectivity index (χ0v) is 10.4. The normalized spacial score (nSPS) is 11.9. The SMILES string of the molecule is Cc1ccc(C(=O)NC(C)CCC(=O)O)c(O)c1. The van der Waals surface area contributed by atoms with E-state index < -0.39 is 11.9 Å². The van der Waals surface area contributed by atoms with Crippen molar-refractivity contribution in [2.75, 3.05) is 0 Å². The van der Waals surface area contributed by atoms with Gasteiger partial charge in [0.05, 0.1) is 5.56 Å². The van der Waals surface area contributed by atoms with Crippen molar-refractivity contribution in [3.63, 3.8) is 0 Å². The van der Waals surface area contributed by atoms with Crippen LogP contribution in [0.1, 0.15) is 35.7 Å². The Morgan fingerprint density at radius 1 is 1.39 bits per heavy atom. The fourth-order valence-electron chi connectivity index (χ4n) is 1.55. The van der Waals surface area contributed by atoms with Gasteiger partial charge >= 0.3 is 5.97 Å². The molecule has 1 aromatic rings. The Morgan fingerprint density at radius 3 is 2.61 bits per heavy atom. The van der Waals surface area contributed by atoms with Crippen LogP contribution in [0.25, 0.3) is 0 Å². The molecule has 98 valence electrons. The molecule has 1 rings (SSSR count). The minimum absolute atomic E-state index is 0.00132. The van der Waals surface area contributed by atoms with E-state index in [2.05, 4.69) is 5.32 Å². The number of benzene rings is 1. The third kappa shape index (κ3) is 4.08. The smallest absolute Gasteiger partial charge is 0.303 e. The third-order valence-corrected chi connectivity index (χ3v) is 2.57. The molecule has 5 heteroatoms. The van der Waals surface area contributed by atoms with E-state index in [0.29, 0.717) is 6.42 Å². The molecule has 5 nitrogen and oxygen atoms in total. The lowest BCUT2D eigenvalue weighted by molar-refractivity contribution is -0.137. The largest absolute Gasteiger partial charge is 0.507 e. The van der Waals surface area contributed by atoms with Crippen LogP contribution in [0.3, 0.4) is 0 Å². The number of hydrogen-bond acceptors (Lipinski definition) is 3. The van der Waals surface area contributed by atoms with Gasteiger partial charge in [-0.3, -0.25) is 9.59 Å². The number of phenols is 1. The van der Waals surface area contributed by atoms with Crippen molar-refractivity contribution < 1.29 is 19.8 Å². The van der Waals surface area contributed by atoms with Crippen molar-refractivity contribution in [1.29, 1.82) is 0 Å². The fraction of sp³-hybridized carbons (Fsp3) is 0.385. The summed E-state index contributed by atoms with van der Waals surface area (Å²) in [4.78, 5) is 22.2. The first-order valence-electron chi connectivity index (χ1n) is 5.72. The van der Waals surface area contributed by atoms with Crippen LogP contribution in [-0.4, -0.2) is 28.1 Å². The maximum absolute atomic E-state index is 11.8. The van der Waals surface area contributed by atoms with Gasteiger partial charge in [-0.2, -0.15) is 0 Å². The highest BCUT2D eigenvalue weighted by molar-refractivity contribution is 5.97. The van der Waals surface area contributed by atoms with E-state index in [1.807, 2.05) is 6.92 Å². The van der Waals surface area contributed by atoms with Gasteiger partial charge in [0, 0.05) is 12.5 Å². The van der Waals surface area contributed by atoms with Gasteiger partial charge in [-0.25, -0.2) is 0 Å². The van der Waals surface area contributed by atoms with Crippen LogP contribution in [0, 0.1) is 6.92 Å². The molecule has 0 spiro atoms. The van der Waals surface area contributed by atoms with Crippen LogP contribution in [0.2, 0.25) is 0 Å². The molecule has 0 bridgehead atoms. The van der Waals surface area contributed by atoms with Crippen LogP contribution in [-0.2, 0) is 4.79 Å². The summed E-state index contributed by atoms with van der Waals surface area (Å²) in [6.07, 6.45) is 0.356. The molecule has 3 N–H and O–H groups in total. The molecule has 0 heterocycles. The van der Waals surface area contributed by atoms with E-state index in [1.54, 1.807) is 19.1 Å². The second kappa shape index (κ2) is 6.05. The second-order valence-corrected chi connectivity index (χ2v) is 4.33. The van der Waals surface area contributed by atoms with Crippen molar-refractivity contribution in [2.24, 2.45) is 0 Å². The summed E-state index contributed by atoms with van der Waals surface area (Å²) in [5.41, 5.74) is 1.06. The summed E-state index contributed by atoms with van der Waals surface area (Å²) >= 11 is 0. The number of aryl methyl sites for hydroxylation is 1. The average Bonchev–Trinajstić information content (AvgIpc) is 2.26. The molecule has 1 amide bonds. The molecule has 0 saturated heterocycles. The quantitative estimate of drug-likeness (QED) is 0.743. The molecule has 1 aromatic carbocycles. The van der Waals surface area contributed by atoms with Crippen molar-refractivity contribution in [3.8, 4) is 5.75 Å². The molecule has 1 atom stereocenters. The molecule has 0 aromatic heterocycles. The van der Waals surface area contributed by atoms with Crippen molar-refractivity contribution in [2.45, 2.75) is 32.7 Å². The minimum Gasteiger partial charge on any atom is -0.507 e. The topological polar surface area (TPSA) is 86.6 Å². The monoisotopic (exact) mass is 251 g/mol. The summed E-state index contributed by atoms with van der Waals surface area (Å²) in [6, 6.07) is 4.53. The van der Waals surface area contributed by atoms with Crippen LogP contribution >= 0.6 is 0 Å². The lowest BCUT2D eigenvalue weighted by Gasteiger charge is -2.13. The van der Waals surface area contributed by atoms with E-state index >= 15 is 0 Å². The first kappa shape index (κ1) is 14.0. The van der Waals surface area contributed by atoms with Crippen LogP contribution < -0.4 is 5.32 Å². The predicted octanol–water partition coefficient (Wildman–Crippen LogP) is 1.68. The van der Waals surface area contributed by atoms with Gasteiger partial charge in [0.15, 0.2) is 0 Å². The first-order valence-corrected chi connectivity index (χ1v) is 5.72. The molecule has 0 aliphatic heterocycles. The number of aliphatic carboxylic acids is 1. The number of carbonyl (C=O) groups is 2. The number of aromatic hydroxyl groups is 1. The Kier molecular flexibility index (Phi) is 4.71. The maximum Gasteiger partial charge on any atom is 0.303 e. The first-order chi connectivity index (χ1) is 8.40. The summed E-state index contributed by atoms with van der Waals surface area (Å²) < 4.78 is 0. The van der Waals surface area contributed by atoms with Gasteiger partial charge in [-0.05, 0) is 38.0 Å². The summed E-state index contributed by atoms with van der Waals surface area (Å²) in [5, 5.41) is 20.8. The number of nitrogens with one attached hydrogen (secondary N) is 1. The van der Waals surface area contributed by atoms with Crippen molar-refractivity contribution in [1.82, 2.24) is 5.32 Å². The van der Waals surface area contributed by atoms with Gasteiger partial charge < -0.3 is 15.5 Å². The lowest BCUT2D eigenvalue weighted by Crippen LogP contribution is -2.32. The maximum atomic E-state index is 11.8. The molecular weight excluding hydrogens is 234 g/mol. The zero-order chi connectivity index (χ0) is 13.7. The van der Waals surface area contributed by atoms with Gasteiger partial charge in [-0.1, -0.05) is 6.07 Å². The fourth-order valence-corrected chi connectivity index (χ4v) is 1.55. The number of carbonyl (C=O) groups excluding carboxylic acids is 1. The molecule has 0 saturated carbocycles. The molecule has 0 aliphatic rings. The van der Waals surface area contributed by atoms with Gasteiger partial charge in [-0.15, -0.1) is 0 Å². The van der Waals surface area contributed by atoms with Crippen LogP contribution in [0.5, 0.6) is 5.75 Å². The van der Waals surface area contributed by atoms with Crippen molar-refractivity contribution in [3.05, 3.63) is 29.3 Å². The summed E-state index contributed by atoms with van der Waals surface area (Å²) in [6.45, 7) is 3.54. The lowest BCUT2D eigenvalue weighted by atomic mass is 10.1. The summed E-state index contributed by atoms with van der Waals surface area (Å²) in [7, 11) is 0. The number of carboxylic acids is 1. The molecule has 0 aliphatic carbocycles. The Morgan fingerprint density at radius 2 is 2.06 bits per heavy atom. The standard InChI is InChI=1S/C13H17NO4/c1-8-3-5-10(11(15)7-8)13(18)14-9(2)4-6-12(16)17/h3,5,7,9,15H,4,6H2,1-2H3,(H,14,18)(H,16,17). The third-order valence-electron chi connectivity index (χ3n) is 2.57. The van der Waals surface area contributed by atoms with Crippen LogP contribution in [0.15, 0.2) is 18.2 Å². The number of hydrogen-bond donors (Lipinski definition) is 3. The Labute approximate surface area is 105 Å². The predicted molar refractivity (Wildman–Crippen MR) is 66.6 cm³/mol. The number of amides is 1. The van der Waals surface area contributed by atoms with E-state index in [9.17, 15) is 14.7 Å². The average molecular weight is 251 g/mol. The van der Waals surface area contributed by atoms with E-state index in [4.69, 9.17) is 5.11 Å². The van der Waals surface area contributed by atoms with Crippen molar-refractivity contribution >= 4 is 11.9 Å². The highest BCUT2D eigenvalue weighted by Gasteiger charge is 2.14. The van der Waals surface area contributed by atoms with Gasteiger partial charge in [0.2, 0.25) is 0 Å². The molecular formula is C13H17NO4. The molecule has 0 fully saturated rings. The highest BCUT2D eigenvalue weighted by atomic mass is 16.4. The highest BCUT2D eigenvalue weighted by Crippen LogP contribution is 2.18. The van der Waals surface area contributed by atoms with Crippen LogP contribution in [0.4, 0.5) is 0 Å². The van der Waals surface area contributed by atoms with E-state index in [1.165, 1.54) is 6.07 Å². The number of carboxylic acid groups (broad SMARTS) is 1. The molecule has 1 unspecified atom stereocenters.